The maximum Gasteiger partial charge on any atom is 0.258 e. The summed E-state index contributed by atoms with van der Waals surface area (Å²) < 4.78 is 10.8. The number of carbonyl (C=O) groups excluding carboxylic acids is 5. The van der Waals surface area contributed by atoms with Crippen LogP contribution in [0, 0.1) is 5.41 Å². The average Bonchev–Trinajstić information content (AvgIpc) is 3.50. The van der Waals surface area contributed by atoms with Crippen LogP contribution in [-0.4, -0.2) is 116 Å². The SMILES string of the molecule is COCCC(=O)N1CCC2(CC1)CNC(=O)[C@H](CO)NC(=O)[C@@H]1CCCN1C(=O)[C@H](C)NC(=O)COc1cccc(c1)C2. The van der Waals surface area contributed by atoms with Crippen molar-refractivity contribution in [2.45, 2.75) is 63.6 Å². The largest absolute Gasteiger partial charge is 0.484 e. The molecule has 43 heavy (non-hydrogen) atoms. The number of rotatable bonds is 4. The number of hydrogen-bond donors (Lipinski definition) is 4. The van der Waals surface area contributed by atoms with Crippen molar-refractivity contribution in [1.82, 2.24) is 25.8 Å². The van der Waals surface area contributed by atoms with Crippen LogP contribution in [0.4, 0.5) is 0 Å². The minimum Gasteiger partial charge on any atom is -0.484 e. The zero-order valence-electron chi connectivity index (χ0n) is 24.9. The van der Waals surface area contributed by atoms with Gasteiger partial charge in [0.2, 0.25) is 23.6 Å². The number of nitrogens with zero attached hydrogens (tertiary/aromatic N) is 2. The second kappa shape index (κ2) is 14.6. The van der Waals surface area contributed by atoms with Gasteiger partial charge in [-0.25, -0.2) is 0 Å². The van der Waals surface area contributed by atoms with E-state index in [2.05, 4.69) is 16.0 Å². The fourth-order valence-electron chi connectivity index (χ4n) is 6.08. The molecule has 1 aromatic rings. The lowest BCUT2D eigenvalue weighted by molar-refractivity contribution is -0.142. The fourth-order valence-corrected chi connectivity index (χ4v) is 6.08. The van der Waals surface area contributed by atoms with Gasteiger partial charge in [0.25, 0.3) is 5.91 Å². The number of likely N-dealkylation sites (tertiary alicyclic amines) is 1. The number of fused-ring (bicyclic) bond motifs is 3. The molecule has 5 amide bonds. The Balaban J connectivity index is 1.57. The quantitative estimate of drug-likeness (QED) is 0.354. The molecule has 3 aliphatic heterocycles. The highest BCUT2D eigenvalue weighted by Gasteiger charge is 2.39. The summed E-state index contributed by atoms with van der Waals surface area (Å²) in [4.78, 5) is 68.1. The summed E-state index contributed by atoms with van der Waals surface area (Å²) >= 11 is 0. The van der Waals surface area contributed by atoms with Gasteiger partial charge in [-0.3, -0.25) is 24.0 Å². The molecule has 2 fully saturated rings. The summed E-state index contributed by atoms with van der Waals surface area (Å²) in [6, 6.07) is 4.46. The predicted octanol–water partition coefficient (Wildman–Crippen LogP) is -0.644. The van der Waals surface area contributed by atoms with Crippen LogP contribution in [0.5, 0.6) is 5.75 Å². The zero-order valence-corrected chi connectivity index (χ0v) is 24.9. The van der Waals surface area contributed by atoms with Crippen molar-refractivity contribution in [2.75, 3.05) is 53.1 Å². The van der Waals surface area contributed by atoms with Crippen LogP contribution in [-0.2, 0) is 35.1 Å². The van der Waals surface area contributed by atoms with Crippen LogP contribution in [0.15, 0.2) is 24.3 Å². The van der Waals surface area contributed by atoms with Gasteiger partial charge in [0.1, 0.15) is 23.9 Å². The molecule has 0 aromatic heterocycles. The van der Waals surface area contributed by atoms with Crippen LogP contribution in [0.3, 0.4) is 0 Å². The molecular weight excluding hydrogens is 558 g/mol. The Morgan fingerprint density at radius 3 is 2.60 bits per heavy atom. The fraction of sp³-hybridized carbons (Fsp3) is 0.633. The molecule has 0 unspecified atom stereocenters. The zero-order chi connectivity index (χ0) is 31.0. The molecule has 13 heteroatoms. The van der Waals surface area contributed by atoms with Crippen molar-refractivity contribution in [2.24, 2.45) is 5.41 Å². The van der Waals surface area contributed by atoms with Crippen LogP contribution < -0.4 is 20.7 Å². The molecule has 4 rings (SSSR count). The number of hydrogen-bond acceptors (Lipinski definition) is 8. The molecule has 0 saturated carbocycles. The van der Waals surface area contributed by atoms with Crippen molar-refractivity contribution < 1.29 is 38.6 Å². The standard InChI is InChI=1S/C30H43N5O8/c1-20-29(41)35-11-4-7-24(35)28(40)33-23(17-36)27(39)31-19-30(9-12-34(13-10-30)26(38)8-14-42-2)16-21-5-3-6-22(15-21)43-18-25(37)32-20/h3,5-6,15,20,23-24,36H,4,7-14,16-19H2,1-2H3,(H,31,39)(H,32,37)(H,33,40)/t20-,23-,24-/m0/s1. The summed E-state index contributed by atoms with van der Waals surface area (Å²) in [7, 11) is 1.56. The third-order valence-electron chi connectivity index (χ3n) is 8.58. The van der Waals surface area contributed by atoms with E-state index in [1.165, 1.54) is 4.90 Å². The number of methoxy groups -OCH3 is 1. The highest BCUT2D eigenvalue weighted by atomic mass is 16.5. The number of carbonyl (C=O) groups is 5. The van der Waals surface area contributed by atoms with E-state index in [4.69, 9.17) is 9.47 Å². The van der Waals surface area contributed by atoms with Crippen LogP contribution in [0.25, 0.3) is 0 Å². The molecule has 3 aliphatic rings. The summed E-state index contributed by atoms with van der Waals surface area (Å²) in [6.45, 7) is 2.62. The normalized spacial score (nSPS) is 25.4. The summed E-state index contributed by atoms with van der Waals surface area (Å²) in [5.41, 5.74) is 0.515. The van der Waals surface area contributed by atoms with Gasteiger partial charge in [-0.2, -0.15) is 0 Å². The predicted molar refractivity (Wildman–Crippen MR) is 155 cm³/mol. The average molecular weight is 602 g/mol. The second-order valence-electron chi connectivity index (χ2n) is 11.7. The number of piperidine rings is 1. The van der Waals surface area contributed by atoms with Crippen molar-refractivity contribution in [3.8, 4) is 5.75 Å². The van der Waals surface area contributed by atoms with Gasteiger partial charge < -0.3 is 40.3 Å². The third-order valence-corrected chi connectivity index (χ3v) is 8.58. The monoisotopic (exact) mass is 601 g/mol. The number of ether oxygens (including phenoxy) is 2. The lowest BCUT2D eigenvalue weighted by atomic mass is 9.73. The number of aliphatic hydroxyl groups is 1. The summed E-state index contributed by atoms with van der Waals surface area (Å²) in [5, 5.41) is 18.2. The molecular formula is C30H43N5O8. The van der Waals surface area contributed by atoms with E-state index in [9.17, 15) is 29.1 Å². The van der Waals surface area contributed by atoms with Gasteiger partial charge in [0, 0.05) is 33.3 Å². The summed E-state index contributed by atoms with van der Waals surface area (Å²) in [5.74, 6) is -1.44. The maximum atomic E-state index is 13.3. The molecule has 1 spiro atoms. The Labute approximate surface area is 251 Å². The molecule has 3 heterocycles. The minimum absolute atomic E-state index is 0.0160. The first-order valence-electron chi connectivity index (χ1n) is 14.9. The van der Waals surface area contributed by atoms with Gasteiger partial charge in [-0.15, -0.1) is 0 Å². The number of aliphatic hydroxyl groups excluding tert-OH is 1. The lowest BCUT2D eigenvalue weighted by Crippen LogP contribution is -2.57. The van der Waals surface area contributed by atoms with Crippen LogP contribution in [0.2, 0.25) is 0 Å². The van der Waals surface area contributed by atoms with E-state index in [1.54, 1.807) is 20.1 Å². The molecule has 2 bridgehead atoms. The first-order chi connectivity index (χ1) is 20.6. The smallest absolute Gasteiger partial charge is 0.258 e. The maximum absolute atomic E-state index is 13.3. The molecule has 13 nitrogen and oxygen atoms in total. The molecule has 1 aromatic carbocycles. The topological polar surface area (TPSA) is 167 Å². The van der Waals surface area contributed by atoms with E-state index in [1.807, 2.05) is 23.1 Å². The van der Waals surface area contributed by atoms with Crippen LogP contribution in [0.1, 0.15) is 44.6 Å². The van der Waals surface area contributed by atoms with Crippen molar-refractivity contribution in [1.29, 1.82) is 0 Å². The van der Waals surface area contributed by atoms with Gasteiger partial charge in [-0.1, -0.05) is 12.1 Å². The molecule has 2 saturated heterocycles. The molecule has 3 atom stereocenters. The Hall–Kier alpha value is -3.71. The van der Waals surface area contributed by atoms with Crippen molar-refractivity contribution >= 4 is 29.5 Å². The minimum atomic E-state index is -1.20. The van der Waals surface area contributed by atoms with E-state index in [0.29, 0.717) is 70.5 Å². The van der Waals surface area contributed by atoms with E-state index < -0.39 is 53.8 Å². The van der Waals surface area contributed by atoms with Crippen molar-refractivity contribution in [3.63, 3.8) is 0 Å². The number of nitrogens with one attached hydrogen (secondary N) is 3. The van der Waals surface area contributed by atoms with Gasteiger partial charge in [0.05, 0.1) is 19.6 Å². The number of benzene rings is 1. The molecule has 0 aliphatic carbocycles. The lowest BCUT2D eigenvalue weighted by Gasteiger charge is -2.42. The highest BCUT2D eigenvalue weighted by Crippen LogP contribution is 2.36. The van der Waals surface area contributed by atoms with Gasteiger partial charge in [-0.05, 0) is 62.1 Å². The van der Waals surface area contributed by atoms with Gasteiger partial charge in [0.15, 0.2) is 6.61 Å². The molecule has 0 radical (unpaired) electrons. The Bertz CT molecular complexity index is 1180. The van der Waals surface area contributed by atoms with Crippen LogP contribution >= 0.6 is 0 Å². The second-order valence-corrected chi connectivity index (χ2v) is 11.7. The highest BCUT2D eigenvalue weighted by molar-refractivity contribution is 5.94. The Morgan fingerprint density at radius 2 is 1.88 bits per heavy atom. The molecule has 4 N–H and O–H groups in total. The Morgan fingerprint density at radius 1 is 1.12 bits per heavy atom. The number of amides is 5. The Kier molecular flexibility index (Phi) is 11.0. The summed E-state index contributed by atoms with van der Waals surface area (Å²) in [6.07, 6.45) is 3.09. The van der Waals surface area contributed by atoms with E-state index in [-0.39, 0.29) is 19.1 Å². The van der Waals surface area contributed by atoms with Crippen molar-refractivity contribution in [3.05, 3.63) is 29.8 Å². The first-order valence-corrected chi connectivity index (χ1v) is 14.9. The third kappa shape index (κ3) is 8.23. The first kappa shape index (κ1) is 32.2. The van der Waals surface area contributed by atoms with E-state index in [0.717, 1.165) is 5.56 Å². The van der Waals surface area contributed by atoms with E-state index >= 15 is 0 Å². The van der Waals surface area contributed by atoms with Gasteiger partial charge >= 0.3 is 0 Å². The molecule has 236 valence electrons.